The molecule has 2 aromatic carbocycles. The molecule has 0 bridgehead atoms. The first-order chi connectivity index (χ1) is 17.9. The summed E-state index contributed by atoms with van der Waals surface area (Å²) in [6.45, 7) is 3.98. The number of alkyl halides is 6. The van der Waals surface area contributed by atoms with E-state index in [4.69, 9.17) is 21.4 Å². The molecule has 0 saturated heterocycles. The van der Waals surface area contributed by atoms with Crippen LogP contribution in [-0.2, 0) is 11.8 Å². The van der Waals surface area contributed by atoms with E-state index in [9.17, 15) is 41.5 Å². The number of aromatic carboxylic acids is 1. The molecule has 0 fully saturated rings. The number of ether oxygens (including phenoxy) is 1. The van der Waals surface area contributed by atoms with Gasteiger partial charge in [0.15, 0.2) is 5.60 Å². The second-order valence-electron chi connectivity index (χ2n) is 8.74. The zero-order chi connectivity index (χ0) is 29.5. The summed E-state index contributed by atoms with van der Waals surface area (Å²) in [5.74, 6) is -4.39. The third-order valence-electron chi connectivity index (χ3n) is 6.22. The monoisotopic (exact) mass is 572 g/mol. The predicted molar refractivity (Wildman–Crippen MR) is 127 cm³/mol. The fraction of sp³-hybridized carbons (Fsp3) is 0.269. The van der Waals surface area contributed by atoms with Gasteiger partial charge < -0.3 is 14.9 Å². The maximum absolute atomic E-state index is 14.4. The lowest BCUT2D eigenvalue weighted by atomic mass is 9.76. The van der Waals surface area contributed by atoms with Gasteiger partial charge in [0.1, 0.15) is 5.75 Å². The number of carboxylic acids is 1. The number of aryl methyl sites for hydroxylation is 2. The number of carboxylic acid groups (broad SMARTS) is 1. The van der Waals surface area contributed by atoms with Gasteiger partial charge in [-0.05, 0) is 48.2 Å². The topological polar surface area (TPSA) is 103 Å². The summed E-state index contributed by atoms with van der Waals surface area (Å²) in [5, 5.41) is 29.0. The molecule has 1 aromatic heterocycles. The van der Waals surface area contributed by atoms with Crippen LogP contribution in [0.15, 0.2) is 42.6 Å². The van der Waals surface area contributed by atoms with Crippen molar-refractivity contribution in [3.63, 3.8) is 0 Å². The van der Waals surface area contributed by atoms with E-state index < -0.39 is 52.4 Å². The Hall–Kier alpha value is -3.82. The number of carbonyl (C=O) groups is 1. The third kappa shape index (κ3) is 5.65. The second-order valence-corrected chi connectivity index (χ2v) is 9.15. The van der Waals surface area contributed by atoms with Crippen LogP contribution in [0.25, 0.3) is 0 Å². The van der Waals surface area contributed by atoms with Crippen molar-refractivity contribution < 1.29 is 46.1 Å². The van der Waals surface area contributed by atoms with Gasteiger partial charge in [-0.1, -0.05) is 36.7 Å². The number of rotatable bonds is 6. The molecule has 6 nitrogen and oxygen atoms in total. The summed E-state index contributed by atoms with van der Waals surface area (Å²) in [6, 6.07) is 7.67. The molecule has 3 rings (SSSR count). The van der Waals surface area contributed by atoms with Crippen LogP contribution in [0.3, 0.4) is 0 Å². The van der Waals surface area contributed by atoms with E-state index in [1.165, 1.54) is 13.8 Å². The van der Waals surface area contributed by atoms with E-state index in [1.54, 1.807) is 0 Å². The number of halogens is 7. The lowest BCUT2D eigenvalue weighted by Crippen LogP contribution is -2.46. The molecule has 2 N–H and O–H groups in total. The van der Waals surface area contributed by atoms with Gasteiger partial charge >= 0.3 is 18.3 Å². The van der Waals surface area contributed by atoms with Crippen molar-refractivity contribution >= 4 is 17.6 Å². The van der Waals surface area contributed by atoms with E-state index in [0.717, 1.165) is 37.3 Å². The molecule has 0 aliphatic rings. The van der Waals surface area contributed by atoms with Crippen molar-refractivity contribution in [2.24, 2.45) is 0 Å². The highest BCUT2D eigenvalue weighted by atomic mass is 35.5. The molecule has 2 unspecified atom stereocenters. The van der Waals surface area contributed by atoms with Crippen LogP contribution < -0.4 is 4.74 Å². The molecule has 2 atom stereocenters. The average Bonchev–Trinajstić information content (AvgIpc) is 2.81. The predicted octanol–water partition coefficient (Wildman–Crippen LogP) is 7.29. The van der Waals surface area contributed by atoms with Crippen molar-refractivity contribution in [3.8, 4) is 17.7 Å². The molecule has 0 radical (unpaired) electrons. The largest absolute Gasteiger partial charge is 0.478 e. The number of nitriles is 1. The van der Waals surface area contributed by atoms with Crippen LogP contribution in [0.1, 0.15) is 56.6 Å². The number of aliphatic hydroxyl groups is 1. The summed E-state index contributed by atoms with van der Waals surface area (Å²) in [6.07, 6.45) is -9.75. The molecular weight excluding hydrogens is 554 g/mol. The molecule has 0 aliphatic heterocycles. The van der Waals surface area contributed by atoms with Gasteiger partial charge in [-0.15, -0.1) is 0 Å². The quantitative estimate of drug-likeness (QED) is 0.301. The van der Waals surface area contributed by atoms with Crippen LogP contribution in [-0.4, -0.2) is 27.3 Å². The number of hydrogen-bond acceptors (Lipinski definition) is 5. The number of benzene rings is 2. The summed E-state index contributed by atoms with van der Waals surface area (Å²) < 4.78 is 88.2. The zero-order valence-corrected chi connectivity index (χ0v) is 21.1. The lowest BCUT2D eigenvalue weighted by Gasteiger charge is -2.37. The Morgan fingerprint density at radius 1 is 1.08 bits per heavy atom. The smallest absolute Gasteiger partial charge is 0.422 e. The van der Waals surface area contributed by atoms with Gasteiger partial charge in [0.05, 0.1) is 22.8 Å². The highest BCUT2D eigenvalue weighted by molar-refractivity contribution is 6.31. The maximum Gasteiger partial charge on any atom is 0.422 e. The van der Waals surface area contributed by atoms with Crippen molar-refractivity contribution in [1.82, 2.24) is 4.98 Å². The van der Waals surface area contributed by atoms with Gasteiger partial charge in [0.2, 0.25) is 5.88 Å². The van der Waals surface area contributed by atoms with E-state index in [2.05, 4.69) is 4.98 Å². The number of aromatic nitrogens is 1. The van der Waals surface area contributed by atoms with E-state index in [-0.39, 0.29) is 33.0 Å². The Labute approximate surface area is 223 Å². The Bertz CT molecular complexity index is 1460. The molecule has 0 saturated carbocycles. The van der Waals surface area contributed by atoms with E-state index in [1.807, 2.05) is 6.07 Å². The number of nitrogens with zero attached hydrogens (tertiary/aromatic N) is 2. The molecule has 206 valence electrons. The summed E-state index contributed by atoms with van der Waals surface area (Å²) in [5.41, 5.74) is -6.07. The fourth-order valence-electron chi connectivity index (χ4n) is 4.18. The lowest BCUT2D eigenvalue weighted by molar-refractivity contribution is -0.274. The molecule has 39 heavy (non-hydrogen) atoms. The third-order valence-corrected chi connectivity index (χ3v) is 6.55. The van der Waals surface area contributed by atoms with Crippen molar-refractivity contribution in [3.05, 3.63) is 86.6 Å². The fourth-order valence-corrected chi connectivity index (χ4v) is 4.52. The van der Waals surface area contributed by atoms with Gasteiger partial charge in [-0.3, -0.25) is 0 Å². The Morgan fingerprint density at radius 3 is 2.13 bits per heavy atom. The Kier molecular flexibility index (Phi) is 7.92. The Morgan fingerprint density at radius 2 is 1.67 bits per heavy atom. The molecule has 0 aliphatic carbocycles. The van der Waals surface area contributed by atoms with Crippen LogP contribution in [0.5, 0.6) is 11.6 Å². The normalized spacial score (nSPS) is 14.3. The molecule has 0 amide bonds. The first kappa shape index (κ1) is 29.7. The standard InChI is InChI=1S/C26H19ClF6N2O4/c1-12-6-15(7-13(2)18(12)10-34)24(38,26(31,32)33)14(3)17-5-4-16(8-21(17)27)39-22-9-20(25(28,29)30)19(11-35-22)23(36)37/h4-9,11,14,38H,1-3H3,(H,36,37). The highest BCUT2D eigenvalue weighted by Gasteiger charge is 2.59. The SMILES string of the molecule is Cc1cc(C(O)(C(C)c2ccc(Oc3cc(C(F)(F)F)c(C(=O)O)cn3)cc2Cl)C(F)(F)F)cc(C)c1C#N. The molecule has 1 heterocycles. The summed E-state index contributed by atoms with van der Waals surface area (Å²) in [7, 11) is 0. The molecule has 0 spiro atoms. The van der Waals surface area contributed by atoms with E-state index >= 15 is 0 Å². The molecular formula is C26H19ClF6N2O4. The van der Waals surface area contributed by atoms with Gasteiger partial charge in [-0.25, -0.2) is 9.78 Å². The summed E-state index contributed by atoms with van der Waals surface area (Å²) >= 11 is 6.24. The van der Waals surface area contributed by atoms with Crippen molar-refractivity contribution in [2.75, 3.05) is 0 Å². The van der Waals surface area contributed by atoms with Crippen LogP contribution >= 0.6 is 11.6 Å². The first-order valence-corrected chi connectivity index (χ1v) is 11.4. The first-order valence-electron chi connectivity index (χ1n) is 11.0. The second kappa shape index (κ2) is 10.4. The van der Waals surface area contributed by atoms with Gasteiger partial charge in [0, 0.05) is 23.2 Å². The zero-order valence-electron chi connectivity index (χ0n) is 20.4. The van der Waals surface area contributed by atoms with Crippen molar-refractivity contribution in [2.45, 2.75) is 44.6 Å². The van der Waals surface area contributed by atoms with Crippen LogP contribution in [0, 0.1) is 25.2 Å². The van der Waals surface area contributed by atoms with Crippen molar-refractivity contribution in [1.29, 1.82) is 5.26 Å². The average molecular weight is 573 g/mol. The minimum Gasteiger partial charge on any atom is -0.478 e. The minimum atomic E-state index is -5.18. The number of hydrogen-bond donors (Lipinski definition) is 2. The maximum atomic E-state index is 14.4. The molecule has 3 aromatic rings. The molecule has 13 heteroatoms. The van der Waals surface area contributed by atoms with Gasteiger partial charge in [0.25, 0.3) is 0 Å². The number of pyridine rings is 1. The summed E-state index contributed by atoms with van der Waals surface area (Å²) in [4.78, 5) is 14.6. The Balaban J connectivity index is 2.03. The highest BCUT2D eigenvalue weighted by Crippen LogP contribution is 2.50. The minimum absolute atomic E-state index is 0.159. The van der Waals surface area contributed by atoms with Crippen LogP contribution in [0.2, 0.25) is 5.02 Å². The van der Waals surface area contributed by atoms with E-state index in [0.29, 0.717) is 12.3 Å². The van der Waals surface area contributed by atoms with Crippen LogP contribution in [0.4, 0.5) is 26.3 Å². The van der Waals surface area contributed by atoms with Gasteiger partial charge in [-0.2, -0.15) is 31.6 Å².